The number of nitrogens with zero attached hydrogens (tertiary/aromatic N) is 1. The van der Waals surface area contributed by atoms with E-state index < -0.39 is 0 Å². The predicted octanol–water partition coefficient (Wildman–Crippen LogP) is 1.64. The summed E-state index contributed by atoms with van der Waals surface area (Å²) in [5.41, 5.74) is 2.37. The van der Waals surface area contributed by atoms with Gasteiger partial charge < -0.3 is 10.2 Å². The highest BCUT2D eigenvalue weighted by Gasteiger charge is 2.35. The molecule has 2 aliphatic rings. The van der Waals surface area contributed by atoms with E-state index >= 15 is 0 Å². The molecule has 1 aromatic carbocycles. The highest BCUT2D eigenvalue weighted by Crippen LogP contribution is 2.30. The number of carbonyl (C=O) groups is 1. The number of para-hydroxylation sites is 1. The number of nitrogens with one attached hydrogen (secondary N) is 1. The molecule has 1 N–H and O–H groups in total. The Morgan fingerprint density at radius 1 is 1.38 bits per heavy atom. The van der Waals surface area contributed by atoms with Crippen LogP contribution in [0.5, 0.6) is 0 Å². The number of hydrogen-bond donors (Lipinski definition) is 1. The third kappa shape index (κ3) is 1.56. The molecular formula is C13H16N2O. The maximum atomic E-state index is 12.2. The largest absolute Gasteiger partial charge is 0.373 e. The summed E-state index contributed by atoms with van der Waals surface area (Å²) in [7, 11) is 1.92. The molecule has 1 saturated carbocycles. The van der Waals surface area contributed by atoms with Gasteiger partial charge in [-0.15, -0.1) is 0 Å². The number of rotatable bonds is 2. The van der Waals surface area contributed by atoms with Crippen molar-refractivity contribution in [1.82, 2.24) is 4.90 Å². The van der Waals surface area contributed by atoms with E-state index in [-0.39, 0.29) is 11.9 Å². The molecule has 16 heavy (non-hydrogen) atoms. The highest BCUT2D eigenvalue weighted by molar-refractivity contribution is 5.87. The average molecular weight is 216 g/mol. The van der Waals surface area contributed by atoms with Crippen LogP contribution in [0, 0.1) is 0 Å². The lowest BCUT2D eigenvalue weighted by Crippen LogP contribution is -2.40. The third-order valence-electron chi connectivity index (χ3n) is 3.51. The number of amides is 1. The van der Waals surface area contributed by atoms with Gasteiger partial charge in [0.1, 0.15) is 6.04 Å². The van der Waals surface area contributed by atoms with Gasteiger partial charge in [-0.2, -0.15) is 0 Å². The van der Waals surface area contributed by atoms with Crippen LogP contribution >= 0.6 is 0 Å². The molecule has 0 saturated heterocycles. The van der Waals surface area contributed by atoms with E-state index in [0.717, 1.165) is 12.1 Å². The predicted molar refractivity (Wildman–Crippen MR) is 63.3 cm³/mol. The van der Waals surface area contributed by atoms with Gasteiger partial charge >= 0.3 is 0 Å². The molecule has 1 aromatic rings. The molecule has 0 aromatic heterocycles. The number of fused-ring (bicyclic) bond motifs is 1. The van der Waals surface area contributed by atoms with Crippen molar-refractivity contribution in [3.05, 3.63) is 29.8 Å². The molecule has 1 fully saturated rings. The van der Waals surface area contributed by atoms with Crippen molar-refractivity contribution in [2.45, 2.75) is 31.3 Å². The number of hydrogen-bond acceptors (Lipinski definition) is 2. The smallest absolute Gasteiger partial charge is 0.245 e. The molecule has 1 amide bonds. The van der Waals surface area contributed by atoms with Gasteiger partial charge in [0.2, 0.25) is 5.91 Å². The summed E-state index contributed by atoms with van der Waals surface area (Å²) in [6, 6.07) is 8.61. The number of anilines is 1. The lowest BCUT2D eigenvalue weighted by atomic mass is 10.1. The van der Waals surface area contributed by atoms with Crippen molar-refractivity contribution in [2.24, 2.45) is 0 Å². The van der Waals surface area contributed by atoms with Crippen LogP contribution in [-0.2, 0) is 11.2 Å². The average Bonchev–Trinajstić information content (AvgIpc) is 3.06. The SMILES string of the molecule is CN(C(=O)C1Cc2ccccc2N1)C1CC1. The third-order valence-corrected chi connectivity index (χ3v) is 3.51. The maximum absolute atomic E-state index is 12.2. The summed E-state index contributed by atoms with van der Waals surface area (Å²) in [5, 5.41) is 3.31. The lowest BCUT2D eigenvalue weighted by Gasteiger charge is -2.20. The first kappa shape index (κ1) is 9.70. The minimum Gasteiger partial charge on any atom is -0.373 e. The van der Waals surface area contributed by atoms with Gasteiger partial charge in [-0.3, -0.25) is 4.79 Å². The second kappa shape index (κ2) is 3.51. The fourth-order valence-corrected chi connectivity index (χ4v) is 2.33. The van der Waals surface area contributed by atoms with Gasteiger partial charge in [0.05, 0.1) is 0 Å². The van der Waals surface area contributed by atoms with Crippen LogP contribution in [0.4, 0.5) is 5.69 Å². The van der Waals surface area contributed by atoms with Gasteiger partial charge in [-0.05, 0) is 24.5 Å². The molecule has 1 atom stereocenters. The van der Waals surface area contributed by atoms with Crippen molar-refractivity contribution >= 4 is 11.6 Å². The standard InChI is InChI=1S/C13H16N2O/c1-15(10-6-7-10)13(16)12-8-9-4-2-3-5-11(9)14-12/h2-5,10,12,14H,6-8H2,1H3. The van der Waals surface area contributed by atoms with Crippen LogP contribution in [-0.4, -0.2) is 29.9 Å². The van der Waals surface area contributed by atoms with E-state index in [1.807, 2.05) is 30.1 Å². The maximum Gasteiger partial charge on any atom is 0.245 e. The lowest BCUT2D eigenvalue weighted by molar-refractivity contribution is -0.131. The Balaban J connectivity index is 1.73. The van der Waals surface area contributed by atoms with E-state index in [9.17, 15) is 4.79 Å². The summed E-state index contributed by atoms with van der Waals surface area (Å²) < 4.78 is 0. The summed E-state index contributed by atoms with van der Waals surface area (Å²) in [4.78, 5) is 14.1. The van der Waals surface area contributed by atoms with Crippen LogP contribution < -0.4 is 5.32 Å². The highest BCUT2D eigenvalue weighted by atomic mass is 16.2. The van der Waals surface area contributed by atoms with Gasteiger partial charge in [0, 0.05) is 25.2 Å². The Kier molecular flexibility index (Phi) is 2.13. The van der Waals surface area contributed by atoms with Crippen molar-refractivity contribution in [1.29, 1.82) is 0 Å². The first-order valence-corrected chi connectivity index (χ1v) is 5.87. The molecule has 1 aliphatic carbocycles. The number of benzene rings is 1. The molecule has 84 valence electrons. The minimum atomic E-state index is -0.0528. The fraction of sp³-hybridized carbons (Fsp3) is 0.462. The van der Waals surface area contributed by atoms with Crippen LogP contribution in [0.2, 0.25) is 0 Å². The monoisotopic (exact) mass is 216 g/mol. The molecular weight excluding hydrogens is 200 g/mol. The quantitative estimate of drug-likeness (QED) is 0.815. The summed E-state index contributed by atoms with van der Waals surface area (Å²) >= 11 is 0. The first-order valence-electron chi connectivity index (χ1n) is 5.87. The number of likely N-dealkylation sites (N-methyl/N-ethyl adjacent to an activating group) is 1. The minimum absolute atomic E-state index is 0.0528. The second-order valence-corrected chi connectivity index (χ2v) is 4.74. The van der Waals surface area contributed by atoms with Crippen molar-refractivity contribution < 1.29 is 4.79 Å². The molecule has 0 radical (unpaired) electrons. The molecule has 3 rings (SSSR count). The van der Waals surface area contributed by atoms with Gasteiger partial charge in [0.15, 0.2) is 0 Å². The zero-order valence-corrected chi connectivity index (χ0v) is 9.44. The van der Waals surface area contributed by atoms with Crippen LogP contribution in [0.1, 0.15) is 18.4 Å². The summed E-state index contributed by atoms with van der Waals surface area (Å²) in [5.74, 6) is 0.235. The molecule has 0 spiro atoms. The topological polar surface area (TPSA) is 32.3 Å². The van der Waals surface area contributed by atoms with E-state index in [1.165, 1.54) is 18.4 Å². The molecule has 1 aliphatic heterocycles. The zero-order valence-electron chi connectivity index (χ0n) is 9.44. The van der Waals surface area contributed by atoms with Crippen molar-refractivity contribution in [3.8, 4) is 0 Å². The molecule has 1 heterocycles. The van der Waals surface area contributed by atoms with Gasteiger partial charge in [-0.1, -0.05) is 18.2 Å². The van der Waals surface area contributed by atoms with E-state index in [1.54, 1.807) is 0 Å². The van der Waals surface area contributed by atoms with Crippen molar-refractivity contribution in [2.75, 3.05) is 12.4 Å². The second-order valence-electron chi connectivity index (χ2n) is 4.74. The molecule has 3 nitrogen and oxygen atoms in total. The van der Waals surface area contributed by atoms with E-state index in [0.29, 0.717) is 6.04 Å². The van der Waals surface area contributed by atoms with Gasteiger partial charge in [-0.25, -0.2) is 0 Å². The normalized spacial score (nSPS) is 22.4. The Morgan fingerprint density at radius 2 is 2.12 bits per heavy atom. The Hall–Kier alpha value is -1.51. The number of carbonyl (C=O) groups excluding carboxylic acids is 1. The Bertz CT molecular complexity index is 401. The molecule has 3 heteroatoms. The summed E-state index contributed by atoms with van der Waals surface area (Å²) in [6.45, 7) is 0. The Morgan fingerprint density at radius 3 is 2.81 bits per heavy atom. The van der Waals surface area contributed by atoms with Crippen LogP contribution in [0.25, 0.3) is 0 Å². The fourth-order valence-electron chi connectivity index (χ4n) is 2.33. The van der Waals surface area contributed by atoms with Crippen LogP contribution in [0.15, 0.2) is 24.3 Å². The van der Waals surface area contributed by atoms with E-state index in [4.69, 9.17) is 0 Å². The van der Waals surface area contributed by atoms with Crippen LogP contribution in [0.3, 0.4) is 0 Å². The van der Waals surface area contributed by atoms with E-state index in [2.05, 4.69) is 11.4 Å². The molecule has 1 unspecified atom stereocenters. The van der Waals surface area contributed by atoms with Crippen molar-refractivity contribution in [3.63, 3.8) is 0 Å². The first-order chi connectivity index (χ1) is 7.75. The van der Waals surface area contributed by atoms with Gasteiger partial charge in [0.25, 0.3) is 0 Å². The summed E-state index contributed by atoms with van der Waals surface area (Å²) in [6.07, 6.45) is 3.16. The Labute approximate surface area is 95.4 Å². The molecule has 0 bridgehead atoms. The zero-order chi connectivity index (χ0) is 11.1.